The van der Waals surface area contributed by atoms with E-state index in [1.807, 2.05) is 48.2 Å². The first kappa shape index (κ1) is 36.2. The Balaban J connectivity index is 1.15. The van der Waals surface area contributed by atoms with Crippen molar-refractivity contribution >= 4 is 57.2 Å². The molecule has 0 radical (unpaired) electrons. The number of nitrogen functional groups attached to an aromatic ring is 1. The first-order chi connectivity index (χ1) is 23.6. The number of nitrogens with two attached hydrogens (primary N) is 2. The van der Waals surface area contributed by atoms with Crippen molar-refractivity contribution in [2.45, 2.75) is 32.6 Å². The molecule has 2 aromatic rings. The fourth-order valence-electron chi connectivity index (χ4n) is 6.88. The third-order valence-corrected chi connectivity index (χ3v) is 12.3. The normalized spacial score (nSPS) is 24.8. The topological polar surface area (TPSA) is 174 Å². The molecule has 2 aromatic carbocycles. The number of likely N-dealkylation sites (tertiary alicyclic amines) is 1. The molecule has 6 N–H and O–H groups in total. The molecule has 3 aliphatic heterocycles. The van der Waals surface area contributed by atoms with Crippen molar-refractivity contribution in [1.29, 1.82) is 5.41 Å². The summed E-state index contributed by atoms with van der Waals surface area (Å²) in [5, 5.41) is 8.94. The minimum Gasteiger partial charge on any atom is -0.398 e. The molecular formula is C36H50N8O4S. The maximum atomic E-state index is 13.8. The number of hydrogen-bond donors (Lipinski definition) is 4. The van der Waals surface area contributed by atoms with Gasteiger partial charge in [0.1, 0.15) is 12.2 Å². The third-order valence-electron chi connectivity index (χ3n) is 9.92. The predicted molar refractivity (Wildman–Crippen MR) is 201 cm³/mol. The van der Waals surface area contributed by atoms with Gasteiger partial charge in [-0.15, -0.1) is 0 Å². The standard InChI is InChI=1S/C36H50N8O4S/c1-4-44(30-9-10-32(37)31(21-30)34(38)27-14-19-49(47,48-3)20-15-27)36(46)29-11-16-42(22-29)23-33(45)43-17-12-26(13-18-43)25-5-7-28(8-6-25)35(39)41-24-40-2/h5-10,12,21,24,27,29,38,47H,4,11,13-20,22-23,37H2,1-3H3,(H2,39,40,41)/t29-/m1/s1. The summed E-state index contributed by atoms with van der Waals surface area (Å²) in [6.07, 6.45) is 6.33. The molecule has 0 bridgehead atoms. The van der Waals surface area contributed by atoms with Crippen LogP contribution in [0.15, 0.2) is 58.5 Å². The van der Waals surface area contributed by atoms with Gasteiger partial charge in [0.2, 0.25) is 11.8 Å². The first-order valence-electron chi connectivity index (χ1n) is 17.0. The molecule has 3 heterocycles. The van der Waals surface area contributed by atoms with Crippen LogP contribution in [0.5, 0.6) is 0 Å². The average molecular weight is 691 g/mol. The Morgan fingerprint density at radius 1 is 1.12 bits per heavy atom. The molecule has 0 aliphatic carbocycles. The predicted octanol–water partition coefficient (Wildman–Crippen LogP) is 4.24. The molecule has 5 rings (SSSR count). The highest BCUT2D eigenvalue weighted by atomic mass is 32.3. The van der Waals surface area contributed by atoms with E-state index < -0.39 is 10.6 Å². The highest BCUT2D eigenvalue weighted by Crippen LogP contribution is 2.50. The van der Waals surface area contributed by atoms with Crippen molar-refractivity contribution in [3.8, 4) is 0 Å². The molecular weight excluding hydrogens is 641 g/mol. The number of amidine groups is 1. The minimum atomic E-state index is -2.04. The molecule has 2 fully saturated rings. The van der Waals surface area contributed by atoms with Gasteiger partial charge in [-0.1, -0.05) is 30.3 Å². The highest BCUT2D eigenvalue weighted by molar-refractivity contribution is 8.25. The summed E-state index contributed by atoms with van der Waals surface area (Å²) in [7, 11) is 1.15. The van der Waals surface area contributed by atoms with E-state index in [0.717, 1.165) is 23.2 Å². The molecule has 49 heavy (non-hydrogen) atoms. The highest BCUT2D eigenvalue weighted by Gasteiger charge is 2.34. The van der Waals surface area contributed by atoms with Gasteiger partial charge >= 0.3 is 0 Å². The number of aliphatic imine (C=N–C) groups is 2. The molecule has 2 amide bonds. The van der Waals surface area contributed by atoms with Crippen LogP contribution in [-0.4, -0.2) is 109 Å². The van der Waals surface area contributed by atoms with Crippen LogP contribution in [0.3, 0.4) is 0 Å². The number of benzene rings is 2. The lowest BCUT2D eigenvalue weighted by Gasteiger charge is -2.42. The van der Waals surface area contributed by atoms with Gasteiger partial charge in [-0.2, -0.15) is 10.6 Å². The Kier molecular flexibility index (Phi) is 11.9. The van der Waals surface area contributed by atoms with Crippen molar-refractivity contribution in [3.05, 3.63) is 65.2 Å². The van der Waals surface area contributed by atoms with E-state index in [4.69, 9.17) is 21.1 Å². The second-order valence-corrected chi connectivity index (χ2v) is 15.6. The van der Waals surface area contributed by atoms with E-state index in [-0.39, 0.29) is 30.2 Å². The number of nitrogens with zero attached hydrogens (tertiary/aromatic N) is 5. The van der Waals surface area contributed by atoms with Crippen molar-refractivity contribution in [2.24, 2.45) is 27.6 Å². The van der Waals surface area contributed by atoms with Gasteiger partial charge in [-0.25, -0.2) is 4.99 Å². The van der Waals surface area contributed by atoms with E-state index >= 15 is 0 Å². The number of carbonyl (C=O) groups excluding carboxylic acids is 2. The van der Waals surface area contributed by atoms with Crippen LogP contribution in [-0.2, 0) is 13.8 Å². The molecule has 0 unspecified atom stereocenters. The first-order valence-corrected chi connectivity index (χ1v) is 18.8. The van der Waals surface area contributed by atoms with Crippen LogP contribution in [0, 0.1) is 17.2 Å². The zero-order chi connectivity index (χ0) is 35.1. The van der Waals surface area contributed by atoms with Crippen LogP contribution >= 0.6 is 10.6 Å². The number of carbonyl (C=O) groups is 2. The Labute approximate surface area is 291 Å². The molecule has 1 atom stereocenters. The van der Waals surface area contributed by atoms with Gasteiger partial charge in [-0.3, -0.25) is 28.2 Å². The lowest BCUT2D eigenvalue weighted by Crippen LogP contribution is -2.42. The largest absolute Gasteiger partial charge is 0.398 e. The van der Waals surface area contributed by atoms with Crippen molar-refractivity contribution in [1.82, 2.24) is 9.80 Å². The molecule has 0 saturated carbocycles. The van der Waals surface area contributed by atoms with Gasteiger partial charge in [0, 0.05) is 78.9 Å². The second-order valence-electron chi connectivity index (χ2n) is 12.9. The molecule has 13 heteroatoms. The van der Waals surface area contributed by atoms with Gasteiger partial charge in [0.15, 0.2) is 0 Å². The maximum Gasteiger partial charge on any atom is 0.237 e. The number of rotatable bonds is 11. The number of amides is 2. The van der Waals surface area contributed by atoms with Crippen LogP contribution in [0.4, 0.5) is 11.4 Å². The van der Waals surface area contributed by atoms with Gasteiger partial charge in [0.25, 0.3) is 0 Å². The molecule has 0 aromatic heterocycles. The monoisotopic (exact) mass is 690 g/mol. The number of nitrogens with one attached hydrogen (secondary N) is 1. The molecule has 12 nitrogen and oxygen atoms in total. The summed E-state index contributed by atoms with van der Waals surface area (Å²) in [4.78, 5) is 40.8. The average Bonchev–Trinajstić information content (AvgIpc) is 3.60. The quantitative estimate of drug-likeness (QED) is 0.155. The van der Waals surface area contributed by atoms with E-state index in [2.05, 4.69) is 21.0 Å². The van der Waals surface area contributed by atoms with Crippen molar-refractivity contribution in [2.75, 3.05) is 75.6 Å². The van der Waals surface area contributed by atoms with E-state index in [1.165, 1.54) is 11.9 Å². The maximum absolute atomic E-state index is 13.8. The molecule has 2 saturated heterocycles. The summed E-state index contributed by atoms with van der Waals surface area (Å²) < 4.78 is 15.9. The van der Waals surface area contributed by atoms with E-state index in [9.17, 15) is 14.1 Å². The SMILES string of the molecule is CCN(C(=O)[C@@H]1CCN(CC(=O)N2CC=C(c3ccc(C(N)=NC=NC)cc3)CC2)C1)c1ccc(N)c(C(=N)C2CCS(O)(OC)CC2)c1. The van der Waals surface area contributed by atoms with E-state index in [1.54, 1.807) is 25.1 Å². The Morgan fingerprint density at radius 3 is 2.49 bits per heavy atom. The van der Waals surface area contributed by atoms with Crippen LogP contribution < -0.4 is 16.4 Å². The molecule has 0 spiro atoms. The van der Waals surface area contributed by atoms with E-state index in [0.29, 0.717) is 86.3 Å². The summed E-state index contributed by atoms with van der Waals surface area (Å²) in [6.45, 7) is 5.14. The fraction of sp³-hybridized carbons (Fsp3) is 0.472. The van der Waals surface area contributed by atoms with Gasteiger partial charge in [0.05, 0.1) is 19.6 Å². The summed E-state index contributed by atoms with van der Waals surface area (Å²) in [6, 6.07) is 13.4. The van der Waals surface area contributed by atoms with Crippen molar-refractivity contribution < 1.29 is 18.3 Å². The smallest absolute Gasteiger partial charge is 0.237 e. The lowest BCUT2D eigenvalue weighted by molar-refractivity contribution is -0.132. The Morgan fingerprint density at radius 2 is 1.86 bits per heavy atom. The Hall–Kier alpha value is -4.04. The number of hydrogen-bond acceptors (Lipinski definition) is 8. The Bertz CT molecular complexity index is 1620. The lowest BCUT2D eigenvalue weighted by atomic mass is 9.90. The van der Waals surface area contributed by atoms with Gasteiger partial charge < -0.3 is 26.7 Å². The minimum absolute atomic E-state index is 0.0210. The zero-order valence-corrected chi connectivity index (χ0v) is 29.6. The summed E-state index contributed by atoms with van der Waals surface area (Å²) >= 11 is 0. The van der Waals surface area contributed by atoms with Crippen LogP contribution in [0.1, 0.15) is 49.3 Å². The molecule has 3 aliphatic rings. The zero-order valence-electron chi connectivity index (χ0n) is 28.8. The van der Waals surface area contributed by atoms with Crippen LogP contribution in [0.2, 0.25) is 0 Å². The van der Waals surface area contributed by atoms with Crippen molar-refractivity contribution in [3.63, 3.8) is 0 Å². The van der Waals surface area contributed by atoms with Gasteiger partial charge in [-0.05, 0) is 68.5 Å². The van der Waals surface area contributed by atoms with Crippen LogP contribution in [0.25, 0.3) is 5.57 Å². The molecule has 264 valence electrons. The second kappa shape index (κ2) is 16.1. The fourth-order valence-corrected chi connectivity index (χ4v) is 8.73. The third kappa shape index (κ3) is 8.58. The number of anilines is 2. The summed E-state index contributed by atoms with van der Waals surface area (Å²) in [5.74, 6) is 1.36. The summed E-state index contributed by atoms with van der Waals surface area (Å²) in [5.41, 5.74) is 17.8.